The molecule has 0 heterocycles. The molecule has 0 aliphatic heterocycles. The Morgan fingerprint density at radius 1 is 0.593 bits per heavy atom. The van der Waals surface area contributed by atoms with Crippen LogP contribution in [0.25, 0.3) is 0 Å². The van der Waals surface area contributed by atoms with Gasteiger partial charge in [0.15, 0.2) is 0 Å². The van der Waals surface area contributed by atoms with E-state index in [0.717, 1.165) is 0 Å². The fourth-order valence-corrected chi connectivity index (χ4v) is 1.53. The molecule has 0 atom stereocenters. The number of hydrogen-bond donors (Lipinski definition) is 1. The van der Waals surface area contributed by atoms with Crippen LogP contribution >= 0.6 is 0 Å². The van der Waals surface area contributed by atoms with Crippen LogP contribution in [0.15, 0.2) is 11.7 Å². The number of hydrogen-bond acceptors (Lipinski definition) is 2. The van der Waals surface area contributed by atoms with E-state index < -0.39 is 56.9 Å². The molecule has 0 rings (SSSR count). The third-order valence-corrected chi connectivity index (χ3v) is 3.48. The molecule has 0 aromatic rings. The summed E-state index contributed by atoms with van der Waals surface area (Å²) in [6, 6.07) is 0. The molecule has 19 heteroatoms. The molecule has 0 spiro atoms. The molecule has 0 saturated heterocycles. The zero-order valence-corrected chi connectivity index (χ0v) is 12.2. The van der Waals surface area contributed by atoms with E-state index in [1.807, 2.05) is 0 Å². The summed E-state index contributed by atoms with van der Waals surface area (Å²) < 4.78 is 216. The van der Waals surface area contributed by atoms with Gasteiger partial charge in [-0.15, -0.1) is 0 Å². The van der Waals surface area contributed by atoms with Crippen LogP contribution < -0.4 is 0 Å². The quantitative estimate of drug-likeness (QED) is 0.459. The standard InChI is InChI=1S/C8HF15O3S/c9-1(3(11,12)5(15,16)7(19,20)21)2(10)4(13,14)6(17,18)8(22,23)27(24,25)26/h(H,24,25,26)/b2-1+. The molecule has 3 nitrogen and oxygen atoms in total. The largest absolute Gasteiger partial charge is 0.460 e. The van der Waals surface area contributed by atoms with Crippen molar-refractivity contribution in [1.82, 2.24) is 0 Å². The van der Waals surface area contributed by atoms with Crippen LogP contribution in [0.4, 0.5) is 65.9 Å². The van der Waals surface area contributed by atoms with Crippen molar-refractivity contribution in [3.8, 4) is 0 Å². The van der Waals surface area contributed by atoms with Gasteiger partial charge in [0, 0.05) is 0 Å². The highest BCUT2D eigenvalue weighted by Gasteiger charge is 2.82. The van der Waals surface area contributed by atoms with Gasteiger partial charge in [0.05, 0.1) is 0 Å². The third-order valence-electron chi connectivity index (χ3n) is 2.58. The van der Waals surface area contributed by atoms with Crippen LogP contribution in [0.1, 0.15) is 0 Å². The Morgan fingerprint density at radius 2 is 0.852 bits per heavy atom. The van der Waals surface area contributed by atoms with Gasteiger partial charge in [-0.05, 0) is 0 Å². The SMILES string of the molecule is O=S(=O)(O)C(F)(F)C(F)(F)C(F)(F)/C(F)=C(\F)C(F)(F)C(F)(F)C(F)(F)F. The van der Waals surface area contributed by atoms with E-state index in [-0.39, 0.29) is 0 Å². The van der Waals surface area contributed by atoms with Gasteiger partial charge in [-0.2, -0.15) is 65.5 Å². The molecule has 0 aliphatic rings. The lowest BCUT2D eigenvalue weighted by Gasteiger charge is -2.31. The highest BCUT2D eigenvalue weighted by atomic mass is 32.2. The predicted octanol–water partition coefficient (Wildman–Crippen LogP) is 4.72. The molecular formula is C8HF15O3S. The van der Waals surface area contributed by atoms with Gasteiger partial charge in [-0.25, -0.2) is 8.78 Å². The van der Waals surface area contributed by atoms with Crippen LogP contribution in [0, 0.1) is 0 Å². The van der Waals surface area contributed by atoms with Crippen molar-refractivity contribution in [2.24, 2.45) is 0 Å². The van der Waals surface area contributed by atoms with E-state index in [9.17, 15) is 74.3 Å². The third kappa shape index (κ3) is 3.54. The fraction of sp³-hybridized carbons (Fsp3) is 0.750. The first-order valence-electron chi connectivity index (χ1n) is 5.30. The Morgan fingerprint density at radius 3 is 1.07 bits per heavy atom. The van der Waals surface area contributed by atoms with Crippen molar-refractivity contribution in [3.05, 3.63) is 11.7 Å². The first-order valence-corrected chi connectivity index (χ1v) is 6.74. The Bertz CT molecular complexity index is 716. The van der Waals surface area contributed by atoms with E-state index in [1.54, 1.807) is 0 Å². The minimum Gasteiger partial charge on any atom is -0.281 e. The highest BCUT2D eigenvalue weighted by Crippen LogP contribution is 2.56. The van der Waals surface area contributed by atoms with Crippen molar-refractivity contribution in [1.29, 1.82) is 0 Å². The zero-order chi connectivity index (χ0) is 22.7. The lowest BCUT2D eigenvalue weighted by atomic mass is 10.0. The van der Waals surface area contributed by atoms with Crippen molar-refractivity contribution in [2.45, 2.75) is 35.1 Å². The van der Waals surface area contributed by atoms with Crippen molar-refractivity contribution in [3.63, 3.8) is 0 Å². The Kier molecular flexibility index (Phi) is 5.98. The summed E-state index contributed by atoms with van der Waals surface area (Å²) in [7, 11) is -7.58. The average Bonchev–Trinajstić information content (AvgIpc) is 2.42. The first-order chi connectivity index (χ1) is 11.3. The van der Waals surface area contributed by atoms with E-state index in [0.29, 0.717) is 0 Å². The second kappa shape index (κ2) is 6.31. The number of rotatable bonds is 6. The van der Waals surface area contributed by atoms with Crippen LogP contribution in [0.2, 0.25) is 0 Å². The van der Waals surface area contributed by atoms with E-state index >= 15 is 0 Å². The van der Waals surface area contributed by atoms with Crippen LogP contribution in [0.5, 0.6) is 0 Å². The van der Waals surface area contributed by atoms with Gasteiger partial charge in [-0.1, -0.05) is 0 Å². The molecular weight excluding hydrogens is 461 g/mol. The van der Waals surface area contributed by atoms with Gasteiger partial charge < -0.3 is 0 Å². The Balaban J connectivity index is 6.70. The van der Waals surface area contributed by atoms with Crippen molar-refractivity contribution < 1.29 is 78.8 Å². The van der Waals surface area contributed by atoms with Crippen molar-refractivity contribution >= 4 is 10.1 Å². The van der Waals surface area contributed by atoms with Crippen molar-refractivity contribution in [2.75, 3.05) is 0 Å². The minimum absolute atomic E-state index is 5.25. The summed E-state index contributed by atoms with van der Waals surface area (Å²) in [5.41, 5.74) is 0. The molecule has 27 heavy (non-hydrogen) atoms. The van der Waals surface area contributed by atoms with Gasteiger partial charge in [0.25, 0.3) is 0 Å². The summed E-state index contributed by atoms with van der Waals surface area (Å²) in [5, 5.41) is -7.43. The van der Waals surface area contributed by atoms with E-state index in [1.165, 1.54) is 0 Å². The topological polar surface area (TPSA) is 54.4 Å². The number of allylic oxidation sites excluding steroid dienone is 2. The molecule has 0 aromatic heterocycles. The zero-order valence-electron chi connectivity index (χ0n) is 11.3. The monoisotopic (exact) mass is 462 g/mol. The molecule has 0 unspecified atom stereocenters. The summed E-state index contributed by atoms with van der Waals surface area (Å²) >= 11 is 0. The van der Waals surface area contributed by atoms with E-state index in [4.69, 9.17) is 4.55 Å². The molecule has 162 valence electrons. The maximum atomic E-state index is 12.9. The lowest BCUT2D eigenvalue weighted by Crippen LogP contribution is -2.59. The average molecular weight is 462 g/mol. The smallest absolute Gasteiger partial charge is 0.281 e. The molecule has 0 radical (unpaired) electrons. The molecule has 0 aromatic carbocycles. The highest BCUT2D eigenvalue weighted by molar-refractivity contribution is 7.87. The number of halogens is 15. The maximum Gasteiger partial charge on any atom is 0.460 e. The fourth-order valence-electron chi connectivity index (χ4n) is 1.07. The molecule has 0 aliphatic carbocycles. The summed E-state index contributed by atoms with van der Waals surface area (Å²) in [4.78, 5) is 0. The van der Waals surface area contributed by atoms with Gasteiger partial charge in [-0.3, -0.25) is 4.55 Å². The first kappa shape index (κ1) is 25.6. The lowest BCUT2D eigenvalue weighted by molar-refractivity contribution is -0.349. The second-order valence-corrected chi connectivity index (χ2v) is 5.88. The summed E-state index contributed by atoms with van der Waals surface area (Å²) in [6.07, 6.45) is -7.47. The minimum atomic E-state index is -7.83. The molecule has 0 amide bonds. The van der Waals surface area contributed by atoms with Crippen LogP contribution in [-0.4, -0.2) is 48.1 Å². The number of alkyl halides is 13. The second-order valence-electron chi connectivity index (χ2n) is 4.42. The molecule has 0 saturated carbocycles. The van der Waals surface area contributed by atoms with Gasteiger partial charge in [0.2, 0.25) is 11.7 Å². The Labute approximate surface area is 137 Å². The maximum absolute atomic E-state index is 12.9. The Hall–Kier alpha value is -1.40. The predicted molar refractivity (Wildman–Crippen MR) is 51.6 cm³/mol. The van der Waals surface area contributed by atoms with Gasteiger partial charge in [0.1, 0.15) is 0 Å². The van der Waals surface area contributed by atoms with Crippen LogP contribution in [0.3, 0.4) is 0 Å². The normalized spacial score (nSPS) is 17.0. The van der Waals surface area contributed by atoms with Gasteiger partial charge >= 0.3 is 45.2 Å². The molecule has 0 fully saturated rings. The van der Waals surface area contributed by atoms with E-state index in [2.05, 4.69) is 0 Å². The summed E-state index contributed by atoms with van der Waals surface area (Å²) in [6.45, 7) is 0. The molecule has 0 bridgehead atoms. The summed E-state index contributed by atoms with van der Waals surface area (Å²) in [5.74, 6) is -41.5. The van der Waals surface area contributed by atoms with Crippen LogP contribution in [-0.2, 0) is 10.1 Å². The molecule has 1 N–H and O–H groups in total.